The van der Waals surface area contributed by atoms with Gasteiger partial charge in [-0.15, -0.1) is 0 Å². The summed E-state index contributed by atoms with van der Waals surface area (Å²) in [5, 5.41) is 4.09. The summed E-state index contributed by atoms with van der Waals surface area (Å²) in [5.74, 6) is -0.482. The second kappa shape index (κ2) is 8.53. The SMILES string of the molecule is C/C(=N/NC(=O)c1cccc(S(=O)(=O)N2CCCCC2)c1)c1ccccc1N. The van der Waals surface area contributed by atoms with Crippen molar-refractivity contribution in [3.63, 3.8) is 0 Å². The Balaban J connectivity index is 1.77. The molecule has 0 aliphatic carbocycles. The smallest absolute Gasteiger partial charge is 0.271 e. The van der Waals surface area contributed by atoms with Crippen molar-refractivity contribution in [3.05, 3.63) is 59.7 Å². The number of hydrogen-bond acceptors (Lipinski definition) is 5. The van der Waals surface area contributed by atoms with Crippen LogP contribution in [0.5, 0.6) is 0 Å². The number of hydrogen-bond donors (Lipinski definition) is 2. The second-order valence-electron chi connectivity index (χ2n) is 6.72. The molecule has 1 heterocycles. The van der Waals surface area contributed by atoms with Gasteiger partial charge in [0.05, 0.1) is 10.6 Å². The standard InChI is InChI=1S/C20H24N4O3S/c1-15(18-10-3-4-11-19(18)21)22-23-20(25)16-8-7-9-17(14-16)28(26,27)24-12-5-2-6-13-24/h3-4,7-11,14H,2,5-6,12-13,21H2,1H3,(H,23,25)/b22-15-. The fourth-order valence-corrected chi connectivity index (χ4v) is 4.70. The van der Waals surface area contributed by atoms with E-state index in [4.69, 9.17) is 5.73 Å². The predicted molar refractivity (Wildman–Crippen MR) is 110 cm³/mol. The molecule has 1 aliphatic rings. The van der Waals surface area contributed by atoms with Gasteiger partial charge in [0.1, 0.15) is 0 Å². The number of benzene rings is 2. The first-order valence-corrected chi connectivity index (χ1v) is 10.6. The van der Waals surface area contributed by atoms with Gasteiger partial charge in [-0.2, -0.15) is 9.41 Å². The summed E-state index contributed by atoms with van der Waals surface area (Å²) < 4.78 is 27.1. The third kappa shape index (κ3) is 4.40. The van der Waals surface area contributed by atoms with Gasteiger partial charge in [-0.25, -0.2) is 13.8 Å². The maximum absolute atomic E-state index is 12.8. The number of rotatable bonds is 5. The van der Waals surface area contributed by atoms with Crippen molar-refractivity contribution < 1.29 is 13.2 Å². The Hall–Kier alpha value is -2.71. The molecule has 0 spiro atoms. The first-order valence-electron chi connectivity index (χ1n) is 9.19. The Labute approximate surface area is 165 Å². The third-order valence-electron chi connectivity index (χ3n) is 4.72. The number of anilines is 1. The van der Waals surface area contributed by atoms with E-state index < -0.39 is 15.9 Å². The van der Waals surface area contributed by atoms with Crippen LogP contribution < -0.4 is 11.2 Å². The predicted octanol–water partition coefficient (Wildman–Crippen LogP) is 2.60. The number of nitrogen functional groups attached to an aromatic ring is 1. The largest absolute Gasteiger partial charge is 0.398 e. The van der Waals surface area contributed by atoms with Crippen LogP contribution in [0.3, 0.4) is 0 Å². The molecular formula is C20H24N4O3S. The summed E-state index contributed by atoms with van der Waals surface area (Å²) in [6, 6.07) is 13.3. The van der Waals surface area contributed by atoms with Crippen LogP contribution >= 0.6 is 0 Å². The second-order valence-corrected chi connectivity index (χ2v) is 8.66. The molecule has 1 saturated heterocycles. The molecule has 1 amide bonds. The number of nitrogens with two attached hydrogens (primary N) is 1. The molecule has 0 bridgehead atoms. The van der Waals surface area contributed by atoms with Crippen LogP contribution in [-0.4, -0.2) is 37.4 Å². The molecular weight excluding hydrogens is 376 g/mol. The fourth-order valence-electron chi connectivity index (χ4n) is 3.14. The Morgan fingerprint density at radius 3 is 2.50 bits per heavy atom. The summed E-state index contributed by atoms with van der Waals surface area (Å²) in [6.45, 7) is 2.77. The molecule has 28 heavy (non-hydrogen) atoms. The maximum Gasteiger partial charge on any atom is 0.271 e. The van der Waals surface area contributed by atoms with Gasteiger partial charge in [0.2, 0.25) is 10.0 Å². The molecule has 0 atom stereocenters. The van der Waals surface area contributed by atoms with E-state index in [1.54, 1.807) is 25.1 Å². The van der Waals surface area contributed by atoms with E-state index in [0.29, 0.717) is 24.5 Å². The summed E-state index contributed by atoms with van der Waals surface area (Å²) in [6.07, 6.45) is 2.75. The van der Waals surface area contributed by atoms with Crippen molar-refractivity contribution >= 4 is 27.3 Å². The van der Waals surface area contributed by atoms with Crippen LogP contribution in [0.1, 0.15) is 42.1 Å². The maximum atomic E-state index is 12.8. The van der Waals surface area contributed by atoms with Crippen molar-refractivity contribution in [2.24, 2.45) is 5.10 Å². The summed E-state index contributed by atoms with van der Waals surface area (Å²) in [5.41, 5.74) is 10.5. The van der Waals surface area contributed by atoms with E-state index in [-0.39, 0.29) is 10.5 Å². The lowest BCUT2D eigenvalue weighted by atomic mass is 10.1. The van der Waals surface area contributed by atoms with Crippen LogP contribution in [-0.2, 0) is 10.0 Å². The number of para-hydroxylation sites is 1. The van der Waals surface area contributed by atoms with Crippen LogP contribution in [0.15, 0.2) is 58.5 Å². The van der Waals surface area contributed by atoms with E-state index in [0.717, 1.165) is 24.8 Å². The lowest BCUT2D eigenvalue weighted by Crippen LogP contribution is -2.35. The van der Waals surface area contributed by atoms with Crippen molar-refractivity contribution in [2.45, 2.75) is 31.1 Å². The molecule has 0 aromatic heterocycles. The Bertz CT molecular complexity index is 996. The summed E-state index contributed by atoms with van der Waals surface area (Å²) in [7, 11) is -3.60. The molecule has 1 aliphatic heterocycles. The minimum Gasteiger partial charge on any atom is -0.398 e. The molecule has 3 rings (SSSR count). The molecule has 2 aromatic carbocycles. The van der Waals surface area contributed by atoms with Gasteiger partial charge in [-0.1, -0.05) is 30.7 Å². The molecule has 8 heteroatoms. The number of amides is 1. The highest BCUT2D eigenvalue weighted by Crippen LogP contribution is 2.21. The van der Waals surface area contributed by atoms with Crippen LogP contribution in [0, 0.1) is 0 Å². The Morgan fingerprint density at radius 1 is 1.07 bits per heavy atom. The van der Waals surface area contributed by atoms with E-state index in [9.17, 15) is 13.2 Å². The number of nitrogens with zero attached hydrogens (tertiary/aromatic N) is 2. The molecule has 7 nitrogen and oxygen atoms in total. The highest BCUT2D eigenvalue weighted by Gasteiger charge is 2.26. The number of carbonyl (C=O) groups is 1. The average Bonchev–Trinajstić information content (AvgIpc) is 2.73. The molecule has 148 valence electrons. The van der Waals surface area contributed by atoms with Gasteiger partial charge < -0.3 is 5.73 Å². The first kappa shape index (κ1) is 20.0. The van der Waals surface area contributed by atoms with Crippen LogP contribution in [0.4, 0.5) is 5.69 Å². The minimum atomic E-state index is -3.60. The minimum absolute atomic E-state index is 0.120. The molecule has 3 N–H and O–H groups in total. The van der Waals surface area contributed by atoms with Gasteiger partial charge in [0.25, 0.3) is 5.91 Å². The highest BCUT2D eigenvalue weighted by molar-refractivity contribution is 7.89. The number of sulfonamides is 1. The van der Waals surface area contributed by atoms with Crippen LogP contribution in [0.25, 0.3) is 0 Å². The van der Waals surface area contributed by atoms with Gasteiger partial charge in [0, 0.05) is 29.9 Å². The average molecular weight is 401 g/mol. The lowest BCUT2D eigenvalue weighted by Gasteiger charge is -2.25. The molecule has 1 fully saturated rings. The fraction of sp³-hybridized carbons (Fsp3) is 0.300. The van der Waals surface area contributed by atoms with Crippen molar-refractivity contribution in [1.29, 1.82) is 0 Å². The van der Waals surface area contributed by atoms with E-state index in [1.807, 2.05) is 18.2 Å². The van der Waals surface area contributed by atoms with Crippen molar-refractivity contribution in [3.8, 4) is 0 Å². The highest BCUT2D eigenvalue weighted by atomic mass is 32.2. The Kier molecular flexibility index (Phi) is 6.11. The first-order chi connectivity index (χ1) is 13.4. The Morgan fingerprint density at radius 2 is 1.79 bits per heavy atom. The van der Waals surface area contributed by atoms with Gasteiger partial charge in [-0.05, 0) is 44.0 Å². The van der Waals surface area contributed by atoms with Gasteiger partial charge in [0.15, 0.2) is 0 Å². The number of piperidine rings is 1. The van der Waals surface area contributed by atoms with E-state index >= 15 is 0 Å². The summed E-state index contributed by atoms with van der Waals surface area (Å²) >= 11 is 0. The lowest BCUT2D eigenvalue weighted by molar-refractivity contribution is 0.0954. The van der Waals surface area contributed by atoms with E-state index in [1.165, 1.54) is 16.4 Å². The zero-order valence-electron chi connectivity index (χ0n) is 15.8. The van der Waals surface area contributed by atoms with Gasteiger partial charge in [-0.3, -0.25) is 4.79 Å². The number of nitrogens with one attached hydrogen (secondary N) is 1. The van der Waals surface area contributed by atoms with Crippen molar-refractivity contribution in [1.82, 2.24) is 9.73 Å². The summed E-state index contributed by atoms with van der Waals surface area (Å²) in [4.78, 5) is 12.6. The zero-order valence-corrected chi connectivity index (χ0v) is 16.6. The molecule has 0 radical (unpaired) electrons. The van der Waals surface area contributed by atoms with E-state index in [2.05, 4.69) is 10.5 Å². The van der Waals surface area contributed by atoms with Crippen LogP contribution in [0.2, 0.25) is 0 Å². The zero-order chi connectivity index (χ0) is 20.1. The molecule has 0 unspecified atom stereocenters. The quantitative estimate of drug-likeness (QED) is 0.457. The monoisotopic (exact) mass is 400 g/mol. The van der Waals surface area contributed by atoms with Crippen molar-refractivity contribution in [2.75, 3.05) is 18.8 Å². The number of hydrazone groups is 1. The third-order valence-corrected chi connectivity index (χ3v) is 6.62. The number of carbonyl (C=O) groups excluding carboxylic acids is 1. The molecule has 2 aromatic rings. The van der Waals surface area contributed by atoms with Gasteiger partial charge >= 0.3 is 0 Å². The topological polar surface area (TPSA) is 105 Å². The normalized spacial score (nSPS) is 16.0. The molecule has 0 saturated carbocycles.